The van der Waals surface area contributed by atoms with Crippen LogP contribution in [-0.2, 0) is 6.42 Å². The van der Waals surface area contributed by atoms with Crippen molar-refractivity contribution in [3.05, 3.63) is 35.9 Å². The molecule has 0 aromatic heterocycles. The van der Waals surface area contributed by atoms with Crippen LogP contribution >= 0.6 is 0 Å². The Balaban J connectivity index is 1.90. The molecular weight excluding hydrogens is 158 g/mol. The first-order chi connectivity index (χ1) is 6.45. The van der Waals surface area contributed by atoms with Gasteiger partial charge in [-0.05, 0) is 24.8 Å². The van der Waals surface area contributed by atoms with Gasteiger partial charge >= 0.3 is 0 Å². The van der Waals surface area contributed by atoms with E-state index in [-0.39, 0.29) is 0 Å². The Bertz CT molecular complexity index is 237. The average molecular weight is 176 g/mol. The van der Waals surface area contributed by atoms with E-state index >= 15 is 0 Å². The van der Waals surface area contributed by atoms with E-state index in [1.54, 1.807) is 0 Å². The monoisotopic (exact) mass is 176 g/mol. The highest BCUT2D eigenvalue weighted by atomic mass is 14.9. The number of quaternary nitrogens is 1. The van der Waals surface area contributed by atoms with Crippen LogP contribution in [0.3, 0.4) is 0 Å². The molecule has 2 N–H and O–H groups in total. The molecule has 0 aliphatic carbocycles. The second kappa shape index (κ2) is 4.43. The lowest BCUT2D eigenvalue weighted by molar-refractivity contribution is -0.697. The predicted molar refractivity (Wildman–Crippen MR) is 54.6 cm³/mol. The van der Waals surface area contributed by atoms with Gasteiger partial charge in [0.1, 0.15) is 0 Å². The van der Waals surface area contributed by atoms with Crippen molar-refractivity contribution in [2.45, 2.75) is 31.7 Å². The zero-order chi connectivity index (χ0) is 8.93. The summed E-state index contributed by atoms with van der Waals surface area (Å²) < 4.78 is 0. The summed E-state index contributed by atoms with van der Waals surface area (Å²) in [6, 6.07) is 11.7. The Hall–Kier alpha value is -0.820. The largest absolute Gasteiger partial charge is 0.344 e. The minimum Gasteiger partial charge on any atom is -0.344 e. The van der Waals surface area contributed by atoms with Crippen LogP contribution in [0.4, 0.5) is 0 Å². The van der Waals surface area contributed by atoms with E-state index < -0.39 is 0 Å². The third-order valence-electron chi connectivity index (χ3n) is 2.87. The zero-order valence-corrected chi connectivity index (χ0v) is 8.08. The van der Waals surface area contributed by atoms with E-state index in [1.807, 2.05) is 0 Å². The first-order valence-electron chi connectivity index (χ1n) is 5.32. The van der Waals surface area contributed by atoms with Crippen LogP contribution < -0.4 is 5.32 Å². The van der Waals surface area contributed by atoms with Gasteiger partial charge < -0.3 is 5.32 Å². The van der Waals surface area contributed by atoms with Gasteiger partial charge in [0.05, 0.1) is 12.6 Å². The fourth-order valence-electron chi connectivity index (χ4n) is 2.12. The Morgan fingerprint density at radius 3 is 2.69 bits per heavy atom. The van der Waals surface area contributed by atoms with Gasteiger partial charge in [-0.15, -0.1) is 0 Å². The summed E-state index contributed by atoms with van der Waals surface area (Å²) in [6.45, 7) is 1.33. The summed E-state index contributed by atoms with van der Waals surface area (Å²) >= 11 is 0. The molecule has 1 heteroatoms. The lowest BCUT2D eigenvalue weighted by Gasteiger charge is -2.19. The summed E-state index contributed by atoms with van der Waals surface area (Å²) in [5.41, 5.74) is 1.49. The molecule has 2 rings (SSSR count). The highest BCUT2D eigenvalue weighted by Crippen LogP contribution is 2.08. The summed E-state index contributed by atoms with van der Waals surface area (Å²) in [5, 5.41) is 2.51. The van der Waals surface area contributed by atoms with Gasteiger partial charge in [-0.1, -0.05) is 30.3 Å². The number of hydrogen-bond donors (Lipinski definition) is 1. The summed E-state index contributed by atoms with van der Waals surface area (Å²) in [5.74, 6) is 0. The van der Waals surface area contributed by atoms with Crippen molar-refractivity contribution < 1.29 is 5.32 Å². The fourth-order valence-corrected chi connectivity index (χ4v) is 2.12. The van der Waals surface area contributed by atoms with E-state index in [4.69, 9.17) is 0 Å². The summed E-state index contributed by atoms with van der Waals surface area (Å²) in [4.78, 5) is 0. The lowest BCUT2D eigenvalue weighted by atomic mass is 9.98. The Labute approximate surface area is 80.2 Å². The molecule has 70 valence electrons. The molecule has 1 atom stereocenters. The molecule has 1 aliphatic heterocycles. The average Bonchev–Trinajstić information content (AvgIpc) is 2.21. The maximum Gasteiger partial charge on any atom is 0.0900 e. The maximum absolute atomic E-state index is 2.51. The third kappa shape index (κ3) is 2.56. The van der Waals surface area contributed by atoms with E-state index in [0.29, 0.717) is 0 Å². The predicted octanol–water partition coefficient (Wildman–Crippen LogP) is 1.34. The smallest absolute Gasteiger partial charge is 0.0900 e. The SMILES string of the molecule is c1ccc(C[C@H]2CCCC[NH2+]2)cc1. The van der Waals surface area contributed by atoms with Crippen molar-refractivity contribution >= 4 is 0 Å². The standard InChI is InChI=1S/C12H17N/c1-2-6-11(7-3-1)10-12-8-4-5-9-13-12/h1-3,6-7,12-13H,4-5,8-10H2/p+1/t12-/m1/s1. The molecule has 1 aromatic carbocycles. The third-order valence-corrected chi connectivity index (χ3v) is 2.87. The van der Waals surface area contributed by atoms with Crippen molar-refractivity contribution in [1.82, 2.24) is 0 Å². The normalized spacial score (nSPS) is 22.9. The van der Waals surface area contributed by atoms with Gasteiger partial charge in [-0.3, -0.25) is 0 Å². The van der Waals surface area contributed by atoms with Crippen molar-refractivity contribution in [2.24, 2.45) is 0 Å². The molecule has 1 heterocycles. The number of benzene rings is 1. The van der Waals surface area contributed by atoms with Crippen LogP contribution in [0.25, 0.3) is 0 Å². The molecule has 0 spiro atoms. The van der Waals surface area contributed by atoms with Gasteiger partial charge in [0, 0.05) is 6.42 Å². The molecule has 0 radical (unpaired) electrons. The molecule has 1 aromatic rings. The molecule has 0 saturated carbocycles. The molecular formula is C12H18N+. The van der Waals surface area contributed by atoms with E-state index in [9.17, 15) is 0 Å². The summed E-state index contributed by atoms with van der Waals surface area (Å²) in [6.07, 6.45) is 5.48. The first-order valence-corrected chi connectivity index (χ1v) is 5.32. The quantitative estimate of drug-likeness (QED) is 0.700. The number of piperidine rings is 1. The van der Waals surface area contributed by atoms with Gasteiger partial charge in [0.2, 0.25) is 0 Å². The Morgan fingerprint density at radius 2 is 2.00 bits per heavy atom. The molecule has 1 nitrogen and oxygen atoms in total. The lowest BCUT2D eigenvalue weighted by Crippen LogP contribution is -2.91. The molecule has 13 heavy (non-hydrogen) atoms. The minimum atomic E-state index is 0.844. The van der Waals surface area contributed by atoms with Crippen molar-refractivity contribution in [3.63, 3.8) is 0 Å². The Morgan fingerprint density at radius 1 is 1.15 bits per heavy atom. The number of hydrogen-bond acceptors (Lipinski definition) is 0. The van der Waals surface area contributed by atoms with Crippen LogP contribution in [0, 0.1) is 0 Å². The molecule has 0 amide bonds. The van der Waals surface area contributed by atoms with Gasteiger partial charge in [0.25, 0.3) is 0 Å². The van der Waals surface area contributed by atoms with Gasteiger partial charge in [0.15, 0.2) is 0 Å². The van der Waals surface area contributed by atoms with Crippen LogP contribution in [-0.4, -0.2) is 12.6 Å². The van der Waals surface area contributed by atoms with Crippen LogP contribution in [0.15, 0.2) is 30.3 Å². The van der Waals surface area contributed by atoms with Crippen molar-refractivity contribution in [3.8, 4) is 0 Å². The van der Waals surface area contributed by atoms with E-state index in [1.165, 1.54) is 37.8 Å². The minimum absolute atomic E-state index is 0.844. The van der Waals surface area contributed by atoms with Crippen molar-refractivity contribution in [2.75, 3.05) is 6.54 Å². The molecule has 1 saturated heterocycles. The molecule has 0 bridgehead atoms. The summed E-state index contributed by atoms with van der Waals surface area (Å²) in [7, 11) is 0. The fraction of sp³-hybridized carbons (Fsp3) is 0.500. The molecule has 1 aliphatic rings. The zero-order valence-electron chi connectivity index (χ0n) is 8.08. The van der Waals surface area contributed by atoms with Crippen LogP contribution in [0.5, 0.6) is 0 Å². The topological polar surface area (TPSA) is 16.6 Å². The van der Waals surface area contributed by atoms with Crippen LogP contribution in [0.2, 0.25) is 0 Å². The second-order valence-corrected chi connectivity index (χ2v) is 3.97. The number of nitrogens with two attached hydrogens (primary N) is 1. The highest BCUT2D eigenvalue weighted by molar-refractivity contribution is 5.15. The highest BCUT2D eigenvalue weighted by Gasteiger charge is 2.15. The molecule has 1 fully saturated rings. The van der Waals surface area contributed by atoms with E-state index in [0.717, 1.165) is 6.04 Å². The second-order valence-electron chi connectivity index (χ2n) is 3.97. The maximum atomic E-state index is 2.51. The first kappa shape index (κ1) is 8.76. The van der Waals surface area contributed by atoms with E-state index in [2.05, 4.69) is 35.6 Å². The van der Waals surface area contributed by atoms with Crippen LogP contribution in [0.1, 0.15) is 24.8 Å². The Kier molecular flexibility index (Phi) is 2.98. The number of rotatable bonds is 2. The van der Waals surface area contributed by atoms with Crippen molar-refractivity contribution in [1.29, 1.82) is 0 Å². The van der Waals surface area contributed by atoms with Gasteiger partial charge in [-0.2, -0.15) is 0 Å². The van der Waals surface area contributed by atoms with Gasteiger partial charge in [-0.25, -0.2) is 0 Å². The molecule has 0 unspecified atom stereocenters.